The van der Waals surface area contributed by atoms with E-state index in [4.69, 9.17) is 4.84 Å². The molecule has 5 heteroatoms. The van der Waals surface area contributed by atoms with Gasteiger partial charge in [0.05, 0.1) is 12.6 Å². The van der Waals surface area contributed by atoms with E-state index in [1.807, 2.05) is 6.07 Å². The van der Waals surface area contributed by atoms with E-state index in [2.05, 4.69) is 21.4 Å². The first kappa shape index (κ1) is 11.9. The summed E-state index contributed by atoms with van der Waals surface area (Å²) >= 11 is 3.25. The molecule has 1 atom stereocenters. The molecule has 1 heterocycles. The lowest BCUT2D eigenvalue weighted by Crippen LogP contribution is -2.11. The molecule has 0 unspecified atom stereocenters. The highest BCUT2D eigenvalue weighted by atomic mass is 79.9. The van der Waals surface area contributed by atoms with E-state index in [0.717, 1.165) is 16.5 Å². The largest absolute Gasteiger partial charge is 0.301 e. The van der Waals surface area contributed by atoms with Crippen LogP contribution in [0.1, 0.15) is 18.0 Å². The minimum absolute atomic E-state index is 0. The van der Waals surface area contributed by atoms with Crippen molar-refractivity contribution in [3.05, 3.63) is 34.1 Å². The van der Waals surface area contributed by atoms with Crippen LogP contribution in [-0.2, 0) is 4.84 Å². The van der Waals surface area contributed by atoms with Crippen LogP contribution in [0.3, 0.4) is 0 Å². The Balaban J connectivity index is 0.000000980. The number of rotatable bonds is 1. The highest BCUT2D eigenvalue weighted by Crippen LogP contribution is 2.24. The van der Waals surface area contributed by atoms with Crippen molar-refractivity contribution in [3.63, 3.8) is 0 Å². The number of nitrogens with one attached hydrogen (secondary N) is 1. The zero-order chi connectivity index (χ0) is 9.26. The summed E-state index contributed by atoms with van der Waals surface area (Å²) in [5.41, 5.74) is 3.76. The molecule has 1 aliphatic heterocycles. The van der Waals surface area contributed by atoms with Gasteiger partial charge in [0.25, 0.3) is 0 Å². The Labute approximate surface area is 96.3 Å². The summed E-state index contributed by atoms with van der Waals surface area (Å²) in [5.74, 6) is -0.224. The van der Waals surface area contributed by atoms with E-state index >= 15 is 0 Å². The van der Waals surface area contributed by atoms with Gasteiger partial charge in [-0.25, -0.2) is 4.39 Å². The summed E-state index contributed by atoms with van der Waals surface area (Å²) in [4.78, 5) is 5.00. The van der Waals surface area contributed by atoms with Crippen molar-refractivity contribution in [2.75, 3.05) is 6.61 Å². The fraction of sp³-hybridized carbons (Fsp3) is 0.333. The van der Waals surface area contributed by atoms with Gasteiger partial charge in [0.15, 0.2) is 0 Å². The van der Waals surface area contributed by atoms with Gasteiger partial charge in [-0.15, -0.1) is 12.4 Å². The van der Waals surface area contributed by atoms with Gasteiger partial charge in [-0.2, -0.15) is 5.48 Å². The van der Waals surface area contributed by atoms with Gasteiger partial charge < -0.3 is 4.84 Å². The van der Waals surface area contributed by atoms with E-state index < -0.39 is 0 Å². The molecular weight excluding hydrogens is 272 g/mol. The number of benzene rings is 1. The highest BCUT2D eigenvalue weighted by Gasteiger charge is 2.17. The number of halogens is 3. The molecule has 14 heavy (non-hydrogen) atoms. The maximum atomic E-state index is 13.0. The van der Waals surface area contributed by atoms with Gasteiger partial charge in [-0.05, 0) is 30.2 Å². The maximum Gasteiger partial charge on any atom is 0.124 e. The first-order chi connectivity index (χ1) is 6.25. The average molecular weight is 283 g/mol. The fourth-order valence-corrected chi connectivity index (χ4v) is 1.89. The van der Waals surface area contributed by atoms with E-state index in [1.165, 1.54) is 12.1 Å². The molecule has 1 aromatic carbocycles. The Morgan fingerprint density at radius 1 is 1.43 bits per heavy atom. The SMILES string of the molecule is Cl.Fc1cc(Br)cc([C@H]2CCON2)c1. The van der Waals surface area contributed by atoms with Gasteiger partial charge in [-0.3, -0.25) is 0 Å². The van der Waals surface area contributed by atoms with Crippen molar-refractivity contribution in [1.82, 2.24) is 5.48 Å². The first-order valence-corrected chi connectivity index (χ1v) is 4.88. The summed E-state index contributed by atoms with van der Waals surface area (Å²) in [5, 5.41) is 0. The molecule has 0 radical (unpaired) electrons. The van der Waals surface area contributed by atoms with Crippen LogP contribution in [0.2, 0.25) is 0 Å². The Hall–Kier alpha value is -0.160. The molecule has 2 nitrogen and oxygen atoms in total. The van der Waals surface area contributed by atoms with Crippen LogP contribution in [0.5, 0.6) is 0 Å². The van der Waals surface area contributed by atoms with Gasteiger partial charge in [-0.1, -0.05) is 15.9 Å². The Morgan fingerprint density at radius 3 is 2.79 bits per heavy atom. The average Bonchev–Trinajstić information content (AvgIpc) is 2.53. The summed E-state index contributed by atoms with van der Waals surface area (Å²) < 4.78 is 13.7. The van der Waals surface area contributed by atoms with Crippen LogP contribution >= 0.6 is 28.3 Å². The van der Waals surface area contributed by atoms with E-state index in [0.29, 0.717) is 6.61 Å². The van der Waals surface area contributed by atoms with Crippen molar-refractivity contribution < 1.29 is 9.23 Å². The third-order valence-electron chi connectivity index (χ3n) is 2.02. The fourth-order valence-electron chi connectivity index (χ4n) is 1.41. The summed E-state index contributed by atoms with van der Waals surface area (Å²) in [7, 11) is 0. The topological polar surface area (TPSA) is 21.3 Å². The third kappa shape index (κ3) is 2.67. The quantitative estimate of drug-likeness (QED) is 0.855. The molecule has 0 aliphatic carbocycles. The Kier molecular flexibility index (Phi) is 4.31. The van der Waals surface area contributed by atoms with Crippen LogP contribution in [0.25, 0.3) is 0 Å². The second-order valence-electron chi connectivity index (χ2n) is 3.01. The number of hydroxylamine groups is 1. The molecular formula is C9H10BrClFNO. The van der Waals surface area contributed by atoms with Crippen molar-refractivity contribution in [1.29, 1.82) is 0 Å². The third-order valence-corrected chi connectivity index (χ3v) is 2.48. The van der Waals surface area contributed by atoms with E-state index in [-0.39, 0.29) is 24.3 Å². The number of hydrogen-bond acceptors (Lipinski definition) is 2. The first-order valence-electron chi connectivity index (χ1n) is 4.09. The molecule has 0 amide bonds. The van der Waals surface area contributed by atoms with Crippen molar-refractivity contribution in [2.24, 2.45) is 0 Å². The molecule has 2 rings (SSSR count). The molecule has 0 aromatic heterocycles. The van der Waals surface area contributed by atoms with Gasteiger partial charge in [0, 0.05) is 4.47 Å². The molecule has 1 N–H and O–H groups in total. The second-order valence-corrected chi connectivity index (χ2v) is 3.93. The van der Waals surface area contributed by atoms with Gasteiger partial charge in [0.1, 0.15) is 5.82 Å². The van der Waals surface area contributed by atoms with Crippen LogP contribution < -0.4 is 5.48 Å². The van der Waals surface area contributed by atoms with Crippen molar-refractivity contribution in [2.45, 2.75) is 12.5 Å². The molecule has 1 saturated heterocycles. The van der Waals surface area contributed by atoms with Gasteiger partial charge in [0.2, 0.25) is 0 Å². The van der Waals surface area contributed by atoms with Crippen LogP contribution in [0.4, 0.5) is 4.39 Å². The summed E-state index contributed by atoms with van der Waals surface area (Å²) in [6.07, 6.45) is 0.885. The molecule has 0 bridgehead atoms. The van der Waals surface area contributed by atoms with Crippen molar-refractivity contribution >= 4 is 28.3 Å². The van der Waals surface area contributed by atoms with Gasteiger partial charge >= 0.3 is 0 Å². The van der Waals surface area contributed by atoms with Crippen LogP contribution in [0.15, 0.2) is 22.7 Å². The van der Waals surface area contributed by atoms with Crippen LogP contribution in [-0.4, -0.2) is 6.61 Å². The van der Waals surface area contributed by atoms with E-state index in [9.17, 15) is 4.39 Å². The molecule has 0 saturated carbocycles. The summed E-state index contributed by atoms with van der Waals surface area (Å²) in [6, 6.07) is 4.98. The Bertz CT molecular complexity index is 297. The Morgan fingerprint density at radius 2 is 2.21 bits per heavy atom. The molecule has 1 aliphatic rings. The molecule has 78 valence electrons. The zero-order valence-electron chi connectivity index (χ0n) is 7.30. The lowest BCUT2D eigenvalue weighted by Gasteiger charge is -2.08. The van der Waals surface area contributed by atoms with Crippen molar-refractivity contribution in [3.8, 4) is 0 Å². The minimum atomic E-state index is -0.224. The normalized spacial score (nSPS) is 20.6. The lowest BCUT2D eigenvalue weighted by atomic mass is 10.1. The summed E-state index contributed by atoms with van der Waals surface area (Å²) in [6.45, 7) is 0.679. The minimum Gasteiger partial charge on any atom is -0.301 e. The molecule has 1 fully saturated rings. The predicted octanol–water partition coefficient (Wildman–Crippen LogP) is 2.98. The van der Waals surface area contributed by atoms with Crippen LogP contribution in [0, 0.1) is 5.82 Å². The monoisotopic (exact) mass is 281 g/mol. The lowest BCUT2D eigenvalue weighted by molar-refractivity contribution is 0.0882. The highest BCUT2D eigenvalue weighted by molar-refractivity contribution is 9.10. The van der Waals surface area contributed by atoms with E-state index in [1.54, 1.807) is 0 Å². The maximum absolute atomic E-state index is 13.0. The molecule has 0 spiro atoms. The smallest absolute Gasteiger partial charge is 0.124 e. The molecule has 1 aromatic rings. The predicted molar refractivity (Wildman–Crippen MR) is 57.8 cm³/mol. The zero-order valence-corrected chi connectivity index (χ0v) is 9.70. The number of hydrogen-bond donors (Lipinski definition) is 1. The standard InChI is InChI=1S/C9H9BrFNO.ClH/c10-7-3-6(4-8(11)5-7)9-1-2-13-12-9;/h3-5,9,12H,1-2H2;1H/t9-;/m1./s1. The second kappa shape index (κ2) is 5.07.